The molecule has 1 aliphatic carbocycles. The molecule has 1 aromatic carbocycles. The van der Waals surface area contributed by atoms with Gasteiger partial charge in [-0.1, -0.05) is 42.5 Å². The minimum Gasteiger partial charge on any atom is -0.467 e. The molecular formula is C18H19NO5. The maximum atomic E-state index is 12.6. The van der Waals surface area contributed by atoms with Crippen molar-refractivity contribution in [2.45, 2.75) is 31.2 Å². The summed E-state index contributed by atoms with van der Waals surface area (Å²) in [7, 11) is 1.28. The highest BCUT2D eigenvalue weighted by Gasteiger charge is 2.43. The number of nitrogens with zero attached hydrogens (tertiary/aromatic N) is 1. The number of carbonyl (C=O) groups is 2. The summed E-state index contributed by atoms with van der Waals surface area (Å²) in [6.07, 6.45) is 4.13. The Kier molecular flexibility index (Phi) is 4.66. The Balaban J connectivity index is 1.76. The van der Waals surface area contributed by atoms with Crippen LogP contribution in [0.4, 0.5) is 4.79 Å². The summed E-state index contributed by atoms with van der Waals surface area (Å²) in [5.74, 6) is -0.531. The van der Waals surface area contributed by atoms with Crippen molar-refractivity contribution in [2.24, 2.45) is 0 Å². The Labute approximate surface area is 140 Å². The van der Waals surface area contributed by atoms with E-state index in [-0.39, 0.29) is 6.61 Å². The van der Waals surface area contributed by atoms with Crippen molar-refractivity contribution < 1.29 is 24.2 Å². The fourth-order valence-electron chi connectivity index (χ4n) is 3.01. The molecule has 3 atom stereocenters. The number of hydrogen-bond acceptors (Lipinski definition) is 5. The first kappa shape index (κ1) is 16.3. The molecule has 0 radical (unpaired) electrons. The van der Waals surface area contributed by atoms with E-state index in [1.54, 1.807) is 18.2 Å². The summed E-state index contributed by atoms with van der Waals surface area (Å²) >= 11 is 0. The third-order valence-electron chi connectivity index (χ3n) is 4.20. The Morgan fingerprint density at radius 1 is 1.29 bits per heavy atom. The Morgan fingerprint density at radius 2 is 2.04 bits per heavy atom. The van der Waals surface area contributed by atoms with Gasteiger partial charge in [0.2, 0.25) is 0 Å². The molecular weight excluding hydrogens is 310 g/mol. The number of rotatable bonds is 3. The minimum atomic E-state index is -0.840. The maximum absolute atomic E-state index is 12.6. The van der Waals surface area contributed by atoms with E-state index in [0.29, 0.717) is 6.42 Å². The van der Waals surface area contributed by atoms with Gasteiger partial charge in [-0.3, -0.25) is 4.90 Å². The molecule has 0 spiro atoms. The average molecular weight is 329 g/mol. The number of esters is 1. The standard InChI is InChI=1S/C18H19NO5/c1-23-17(21)16-9-13-7-8-14(20)10-15(13)19(16)18(22)24-11-12-5-3-2-4-6-12/h2-9,14-16,20H,10-11H2,1H3/t14-,15?,16+/m1/s1. The zero-order valence-corrected chi connectivity index (χ0v) is 13.3. The predicted octanol–water partition coefficient (Wildman–Crippen LogP) is 1.80. The third-order valence-corrected chi connectivity index (χ3v) is 4.20. The Bertz CT molecular complexity index is 682. The van der Waals surface area contributed by atoms with Gasteiger partial charge in [-0.2, -0.15) is 0 Å². The van der Waals surface area contributed by atoms with Gasteiger partial charge in [-0.15, -0.1) is 0 Å². The first-order valence-corrected chi connectivity index (χ1v) is 7.75. The molecule has 0 saturated carbocycles. The molecule has 126 valence electrons. The average Bonchev–Trinajstić information content (AvgIpc) is 2.98. The van der Waals surface area contributed by atoms with Crippen molar-refractivity contribution in [3.8, 4) is 0 Å². The van der Waals surface area contributed by atoms with Gasteiger partial charge in [0.15, 0.2) is 6.04 Å². The van der Waals surface area contributed by atoms with Crippen LogP contribution in [0.5, 0.6) is 0 Å². The highest BCUT2D eigenvalue weighted by Crippen LogP contribution is 2.32. The number of carbonyl (C=O) groups excluding carboxylic acids is 2. The van der Waals surface area contributed by atoms with E-state index in [0.717, 1.165) is 11.1 Å². The Morgan fingerprint density at radius 3 is 2.75 bits per heavy atom. The SMILES string of the molecule is COC(=O)[C@@H]1C=C2C=C[C@@H](O)CC2N1C(=O)OCc1ccccc1. The van der Waals surface area contributed by atoms with Gasteiger partial charge in [0.25, 0.3) is 0 Å². The Hall–Kier alpha value is -2.60. The van der Waals surface area contributed by atoms with Gasteiger partial charge in [0.1, 0.15) is 6.61 Å². The minimum absolute atomic E-state index is 0.116. The monoisotopic (exact) mass is 329 g/mol. The lowest BCUT2D eigenvalue weighted by Gasteiger charge is -2.31. The molecule has 1 aliphatic heterocycles. The zero-order chi connectivity index (χ0) is 17.1. The molecule has 0 bridgehead atoms. The van der Waals surface area contributed by atoms with Crippen LogP contribution in [0, 0.1) is 0 Å². The van der Waals surface area contributed by atoms with Gasteiger partial charge < -0.3 is 14.6 Å². The smallest absolute Gasteiger partial charge is 0.411 e. The molecule has 1 amide bonds. The fourth-order valence-corrected chi connectivity index (χ4v) is 3.01. The number of methoxy groups -OCH3 is 1. The number of aliphatic hydroxyl groups excluding tert-OH is 1. The highest BCUT2D eigenvalue weighted by atomic mass is 16.6. The predicted molar refractivity (Wildman–Crippen MR) is 85.9 cm³/mol. The van der Waals surface area contributed by atoms with Crippen LogP contribution in [0.2, 0.25) is 0 Å². The van der Waals surface area contributed by atoms with Crippen molar-refractivity contribution in [3.05, 3.63) is 59.7 Å². The van der Waals surface area contributed by atoms with E-state index >= 15 is 0 Å². The normalized spacial score (nSPS) is 25.0. The molecule has 1 heterocycles. The van der Waals surface area contributed by atoms with Crippen LogP contribution in [-0.2, 0) is 20.9 Å². The summed E-state index contributed by atoms with van der Waals surface area (Å²) in [4.78, 5) is 25.9. The third kappa shape index (κ3) is 3.19. The van der Waals surface area contributed by atoms with Gasteiger partial charge in [-0.25, -0.2) is 9.59 Å². The number of aliphatic hydroxyl groups is 1. The van der Waals surface area contributed by atoms with E-state index < -0.39 is 30.3 Å². The number of benzene rings is 1. The molecule has 1 N–H and O–H groups in total. The van der Waals surface area contributed by atoms with Crippen LogP contribution >= 0.6 is 0 Å². The summed E-state index contributed by atoms with van der Waals surface area (Å²) < 4.78 is 10.2. The maximum Gasteiger partial charge on any atom is 0.411 e. The van der Waals surface area contributed by atoms with Gasteiger partial charge >= 0.3 is 12.1 Å². The quantitative estimate of drug-likeness (QED) is 0.856. The highest BCUT2D eigenvalue weighted by molar-refractivity contribution is 5.85. The molecule has 0 aromatic heterocycles. The van der Waals surface area contributed by atoms with E-state index in [1.165, 1.54) is 12.0 Å². The van der Waals surface area contributed by atoms with E-state index in [2.05, 4.69) is 0 Å². The second-order valence-corrected chi connectivity index (χ2v) is 5.76. The molecule has 0 saturated heterocycles. The van der Waals surface area contributed by atoms with Gasteiger partial charge in [0, 0.05) is 6.42 Å². The zero-order valence-electron chi connectivity index (χ0n) is 13.3. The number of amides is 1. The lowest BCUT2D eigenvalue weighted by atomic mass is 9.96. The van der Waals surface area contributed by atoms with Crippen molar-refractivity contribution >= 4 is 12.1 Å². The molecule has 3 rings (SSSR count). The number of hydrogen-bond donors (Lipinski definition) is 1. The lowest BCUT2D eigenvalue weighted by Crippen LogP contribution is -2.48. The van der Waals surface area contributed by atoms with Crippen molar-refractivity contribution in [1.29, 1.82) is 0 Å². The van der Waals surface area contributed by atoms with Crippen molar-refractivity contribution in [1.82, 2.24) is 4.90 Å². The van der Waals surface area contributed by atoms with Gasteiger partial charge in [-0.05, 0) is 17.2 Å². The van der Waals surface area contributed by atoms with Crippen LogP contribution in [0.3, 0.4) is 0 Å². The first-order chi connectivity index (χ1) is 11.6. The molecule has 1 aromatic rings. The molecule has 2 aliphatic rings. The first-order valence-electron chi connectivity index (χ1n) is 7.75. The fraction of sp³-hybridized carbons (Fsp3) is 0.333. The molecule has 6 heteroatoms. The number of fused-ring (bicyclic) bond motifs is 1. The van der Waals surface area contributed by atoms with E-state index in [4.69, 9.17) is 9.47 Å². The molecule has 6 nitrogen and oxygen atoms in total. The summed E-state index contributed by atoms with van der Waals surface area (Å²) in [5.41, 5.74) is 1.67. The van der Waals surface area contributed by atoms with Crippen LogP contribution in [0.1, 0.15) is 12.0 Å². The summed E-state index contributed by atoms with van der Waals surface area (Å²) in [5, 5.41) is 9.84. The molecule has 24 heavy (non-hydrogen) atoms. The molecule has 1 unspecified atom stereocenters. The van der Waals surface area contributed by atoms with Crippen molar-refractivity contribution in [2.75, 3.05) is 7.11 Å². The summed E-state index contributed by atoms with van der Waals surface area (Å²) in [6.45, 7) is 0.116. The number of ether oxygens (including phenoxy) is 2. The summed E-state index contributed by atoms with van der Waals surface area (Å²) in [6, 6.07) is 8.07. The van der Waals surface area contributed by atoms with Gasteiger partial charge in [0.05, 0.1) is 19.3 Å². The topological polar surface area (TPSA) is 76.1 Å². The van der Waals surface area contributed by atoms with Crippen LogP contribution in [0.15, 0.2) is 54.1 Å². The van der Waals surface area contributed by atoms with E-state index in [1.807, 2.05) is 30.3 Å². The molecule has 0 fully saturated rings. The second kappa shape index (κ2) is 6.88. The van der Waals surface area contributed by atoms with E-state index in [9.17, 15) is 14.7 Å². The van der Waals surface area contributed by atoms with Crippen molar-refractivity contribution in [3.63, 3.8) is 0 Å². The van der Waals surface area contributed by atoms with Crippen LogP contribution < -0.4 is 0 Å². The van der Waals surface area contributed by atoms with Crippen LogP contribution in [-0.4, -0.2) is 47.4 Å². The van der Waals surface area contributed by atoms with Crippen LogP contribution in [0.25, 0.3) is 0 Å². The largest absolute Gasteiger partial charge is 0.467 e. The second-order valence-electron chi connectivity index (χ2n) is 5.76. The lowest BCUT2D eigenvalue weighted by molar-refractivity contribution is -0.144.